The zero-order chi connectivity index (χ0) is 22.1. The molecule has 1 saturated heterocycles. The van der Waals surface area contributed by atoms with E-state index < -0.39 is 5.97 Å². The number of carbonyl (C=O) groups excluding carboxylic acids is 1. The van der Waals surface area contributed by atoms with Crippen molar-refractivity contribution in [2.24, 2.45) is 5.10 Å². The molecule has 0 aromatic heterocycles. The molecule has 0 bridgehead atoms. The number of amides is 1. The van der Waals surface area contributed by atoms with Crippen molar-refractivity contribution < 1.29 is 24.2 Å². The second kappa shape index (κ2) is 8.47. The summed E-state index contributed by atoms with van der Waals surface area (Å²) in [5, 5.41) is 18.5. The van der Waals surface area contributed by atoms with E-state index in [9.17, 15) is 14.7 Å². The van der Waals surface area contributed by atoms with Crippen molar-refractivity contribution in [2.45, 2.75) is 25.3 Å². The van der Waals surface area contributed by atoms with Crippen LogP contribution >= 0.6 is 0 Å². The summed E-state index contributed by atoms with van der Waals surface area (Å²) in [6.07, 6.45) is 4.41. The van der Waals surface area contributed by atoms with Gasteiger partial charge in [-0.2, -0.15) is 10.1 Å². The molecule has 0 radical (unpaired) electrons. The molecule has 8 nitrogen and oxygen atoms in total. The predicted octanol–water partition coefficient (Wildman–Crippen LogP) is 3.08. The van der Waals surface area contributed by atoms with Crippen LogP contribution in [-0.4, -0.2) is 48.5 Å². The summed E-state index contributed by atoms with van der Waals surface area (Å²) in [5.41, 5.74) is 2.56. The first-order valence-corrected chi connectivity index (χ1v) is 10.7. The summed E-state index contributed by atoms with van der Waals surface area (Å²) in [6.45, 7) is 2.05. The lowest BCUT2D eigenvalue weighted by Gasteiger charge is -2.18. The van der Waals surface area contributed by atoms with Crippen LogP contribution in [-0.2, 0) is 4.79 Å². The second-order valence-electron chi connectivity index (χ2n) is 7.98. The number of rotatable bonds is 7. The highest BCUT2D eigenvalue weighted by molar-refractivity contribution is 6.32. The average molecular weight is 433 g/mol. The number of fused-ring (bicyclic) bond motifs is 1. The van der Waals surface area contributed by atoms with Crippen molar-refractivity contribution in [1.29, 1.82) is 0 Å². The highest BCUT2D eigenvalue weighted by Gasteiger charge is 2.32. The molecule has 0 aliphatic carbocycles. The molecule has 3 aliphatic rings. The van der Waals surface area contributed by atoms with Crippen molar-refractivity contribution >= 4 is 29.4 Å². The van der Waals surface area contributed by atoms with Gasteiger partial charge in [-0.1, -0.05) is 12.1 Å². The topological polar surface area (TPSA) is 110 Å². The lowest BCUT2D eigenvalue weighted by Crippen LogP contribution is -2.21. The van der Waals surface area contributed by atoms with Gasteiger partial charge in [0, 0.05) is 12.6 Å². The Hall–Kier alpha value is -3.65. The number of benzene rings is 2. The smallest absolute Gasteiger partial charge is 0.335 e. The van der Waals surface area contributed by atoms with Crippen LogP contribution in [0.3, 0.4) is 0 Å². The minimum atomic E-state index is -1.05. The van der Waals surface area contributed by atoms with Gasteiger partial charge in [-0.25, -0.2) is 4.79 Å². The molecule has 1 amide bonds. The third-order valence-electron chi connectivity index (χ3n) is 5.63. The zero-order valence-corrected chi connectivity index (χ0v) is 17.4. The summed E-state index contributed by atoms with van der Waals surface area (Å²) >= 11 is 0. The van der Waals surface area contributed by atoms with Crippen molar-refractivity contribution in [3.8, 4) is 11.5 Å². The molecule has 1 fully saturated rings. The van der Waals surface area contributed by atoms with Gasteiger partial charge in [-0.05, 0) is 61.2 Å². The summed E-state index contributed by atoms with van der Waals surface area (Å²) in [4.78, 5) is 24.7. The van der Waals surface area contributed by atoms with Crippen molar-refractivity contribution in [3.63, 3.8) is 0 Å². The second-order valence-corrected chi connectivity index (χ2v) is 7.98. The van der Waals surface area contributed by atoms with Crippen molar-refractivity contribution in [3.05, 3.63) is 59.2 Å². The standard InChI is InChI=1S/C24H23N3O5/c28-23-19(11-15-7-8-21-22(12-15)32-10-9-31-21)20(6-2-4-17-14-25-17)26-27(23)18-5-1-3-16(13-18)24(29)30/h1,3,5,7-8,11-13,17,25H,2,4,6,9-10,14H2,(H,29,30)/b19-11-. The van der Waals surface area contributed by atoms with Crippen LogP contribution in [0.25, 0.3) is 6.08 Å². The van der Waals surface area contributed by atoms with Crippen LogP contribution in [0, 0.1) is 0 Å². The monoisotopic (exact) mass is 433 g/mol. The van der Waals surface area contributed by atoms with E-state index in [0.29, 0.717) is 54.1 Å². The quantitative estimate of drug-likeness (QED) is 0.513. The van der Waals surface area contributed by atoms with Crippen LogP contribution in [0.1, 0.15) is 35.2 Å². The van der Waals surface area contributed by atoms with E-state index in [4.69, 9.17) is 9.47 Å². The van der Waals surface area contributed by atoms with E-state index in [1.807, 2.05) is 24.3 Å². The SMILES string of the molecule is O=C(O)c1cccc(N2N=C(CCCC3CN3)/C(=C/c3ccc4c(c3)OCCO4)C2=O)c1. The van der Waals surface area contributed by atoms with E-state index in [2.05, 4.69) is 10.4 Å². The Bertz CT molecular complexity index is 1140. The van der Waals surface area contributed by atoms with Crippen molar-refractivity contribution in [2.75, 3.05) is 24.8 Å². The van der Waals surface area contributed by atoms with Crippen LogP contribution in [0.4, 0.5) is 5.69 Å². The summed E-state index contributed by atoms with van der Waals surface area (Å²) < 4.78 is 11.2. The first kappa shape index (κ1) is 20.3. The molecular formula is C24H23N3O5. The molecule has 3 heterocycles. The fourth-order valence-electron chi connectivity index (χ4n) is 3.85. The summed E-state index contributed by atoms with van der Waals surface area (Å²) in [5.74, 6) is 0.0168. The lowest BCUT2D eigenvalue weighted by molar-refractivity contribution is -0.114. The Morgan fingerprint density at radius 1 is 1.19 bits per heavy atom. The van der Waals surface area contributed by atoms with Gasteiger partial charge in [0.2, 0.25) is 0 Å². The summed E-state index contributed by atoms with van der Waals surface area (Å²) in [6, 6.07) is 12.4. The normalized spacial score (nSPS) is 20.4. The summed E-state index contributed by atoms with van der Waals surface area (Å²) in [7, 11) is 0. The predicted molar refractivity (Wildman–Crippen MR) is 119 cm³/mol. The Labute approximate surface area is 185 Å². The van der Waals surface area contributed by atoms with Gasteiger partial charge in [-0.15, -0.1) is 0 Å². The van der Waals surface area contributed by atoms with E-state index in [0.717, 1.165) is 24.9 Å². The molecule has 8 heteroatoms. The largest absolute Gasteiger partial charge is 0.486 e. The van der Waals surface area contributed by atoms with Crippen molar-refractivity contribution in [1.82, 2.24) is 5.32 Å². The number of anilines is 1. The number of carboxylic acids is 1. The minimum Gasteiger partial charge on any atom is -0.486 e. The maximum Gasteiger partial charge on any atom is 0.335 e. The maximum absolute atomic E-state index is 13.3. The van der Waals surface area contributed by atoms with Gasteiger partial charge in [0.15, 0.2) is 11.5 Å². The number of carbonyl (C=O) groups is 2. The molecule has 1 unspecified atom stereocenters. The molecule has 32 heavy (non-hydrogen) atoms. The van der Waals surface area contributed by atoms with Gasteiger partial charge in [0.05, 0.1) is 22.5 Å². The molecule has 0 saturated carbocycles. The molecule has 2 aromatic rings. The van der Waals surface area contributed by atoms with Crippen LogP contribution < -0.4 is 19.8 Å². The fourth-order valence-corrected chi connectivity index (χ4v) is 3.85. The number of hydrazone groups is 1. The molecule has 0 spiro atoms. The molecule has 1 atom stereocenters. The highest BCUT2D eigenvalue weighted by Crippen LogP contribution is 2.33. The van der Waals surface area contributed by atoms with E-state index in [1.54, 1.807) is 12.1 Å². The number of carboxylic acid groups (broad SMARTS) is 1. The van der Waals surface area contributed by atoms with Gasteiger partial charge in [0.1, 0.15) is 13.2 Å². The molecule has 164 valence electrons. The number of nitrogens with zero attached hydrogens (tertiary/aromatic N) is 2. The first-order chi connectivity index (χ1) is 15.6. The third-order valence-corrected chi connectivity index (χ3v) is 5.63. The first-order valence-electron chi connectivity index (χ1n) is 10.7. The lowest BCUT2D eigenvalue weighted by atomic mass is 10.0. The van der Waals surface area contributed by atoms with Gasteiger partial charge < -0.3 is 19.9 Å². The molecule has 2 aromatic carbocycles. The molecule has 3 aliphatic heterocycles. The average Bonchev–Trinajstić information content (AvgIpc) is 3.58. The number of nitrogens with one attached hydrogen (secondary N) is 1. The number of ether oxygens (including phenoxy) is 2. The third kappa shape index (κ3) is 4.22. The van der Waals surface area contributed by atoms with E-state index in [1.165, 1.54) is 17.1 Å². The molecule has 5 rings (SSSR count). The number of hydrogen-bond donors (Lipinski definition) is 2. The molecular weight excluding hydrogens is 410 g/mol. The Morgan fingerprint density at radius 2 is 2.00 bits per heavy atom. The highest BCUT2D eigenvalue weighted by atomic mass is 16.6. The van der Waals surface area contributed by atoms with Gasteiger partial charge >= 0.3 is 5.97 Å². The van der Waals surface area contributed by atoms with Gasteiger partial charge in [-0.3, -0.25) is 4.79 Å². The van der Waals surface area contributed by atoms with Crippen LogP contribution in [0.2, 0.25) is 0 Å². The Kier molecular flexibility index (Phi) is 5.36. The van der Waals surface area contributed by atoms with Gasteiger partial charge in [0.25, 0.3) is 5.91 Å². The maximum atomic E-state index is 13.3. The Balaban J connectivity index is 1.46. The Morgan fingerprint density at radius 3 is 2.78 bits per heavy atom. The van der Waals surface area contributed by atoms with E-state index >= 15 is 0 Å². The molecule has 2 N–H and O–H groups in total. The van der Waals surface area contributed by atoms with Crippen LogP contribution in [0.15, 0.2) is 53.1 Å². The fraction of sp³-hybridized carbons (Fsp3) is 0.292. The number of hydrogen-bond acceptors (Lipinski definition) is 6. The van der Waals surface area contributed by atoms with Crippen LogP contribution in [0.5, 0.6) is 11.5 Å². The zero-order valence-electron chi connectivity index (χ0n) is 17.4. The minimum absolute atomic E-state index is 0.108. The van der Waals surface area contributed by atoms with E-state index in [-0.39, 0.29) is 11.5 Å². The number of aromatic carboxylic acids is 1.